The number of hydrogen-bond acceptors (Lipinski definition) is 3. The highest BCUT2D eigenvalue weighted by Gasteiger charge is 2.12. The van der Waals surface area contributed by atoms with Crippen molar-refractivity contribution in [3.8, 4) is 5.75 Å². The number of carboxylic acid groups (broad SMARTS) is 1. The third kappa shape index (κ3) is 4.73. The van der Waals surface area contributed by atoms with Crippen LogP contribution in [0.2, 0.25) is 5.02 Å². The molecule has 0 saturated carbocycles. The molecule has 0 aliphatic carbocycles. The van der Waals surface area contributed by atoms with Crippen LogP contribution in [0.15, 0.2) is 42.5 Å². The second-order valence-corrected chi connectivity index (χ2v) is 6.09. The summed E-state index contributed by atoms with van der Waals surface area (Å²) in [5.74, 6) is -0.440. The van der Waals surface area contributed by atoms with Gasteiger partial charge in [0.25, 0.3) is 5.91 Å². The first kappa shape index (κ1) is 17.8. The summed E-state index contributed by atoms with van der Waals surface area (Å²) in [4.78, 5) is 23.2. The second kappa shape index (κ2) is 7.84. The molecule has 0 aliphatic rings. The van der Waals surface area contributed by atoms with Gasteiger partial charge in [0, 0.05) is 11.3 Å². The summed E-state index contributed by atoms with van der Waals surface area (Å²) in [7, 11) is 0. The number of anilines is 1. The van der Waals surface area contributed by atoms with Crippen LogP contribution in [-0.4, -0.2) is 23.6 Å². The van der Waals surface area contributed by atoms with Crippen LogP contribution in [0.1, 0.15) is 34.6 Å². The average Bonchev–Trinajstić information content (AvgIpc) is 2.53. The summed E-state index contributed by atoms with van der Waals surface area (Å²) in [5.41, 5.74) is 0.844. The molecule has 0 aromatic heterocycles. The van der Waals surface area contributed by atoms with E-state index in [-0.39, 0.29) is 16.5 Å². The predicted octanol–water partition coefficient (Wildman–Crippen LogP) is 4.33. The van der Waals surface area contributed by atoms with E-state index in [2.05, 4.69) is 5.32 Å². The quantitative estimate of drug-likeness (QED) is 0.815. The number of benzene rings is 2. The lowest BCUT2D eigenvalue weighted by Gasteiger charge is -2.10. The Balaban J connectivity index is 2.11. The molecule has 5 nitrogen and oxygen atoms in total. The van der Waals surface area contributed by atoms with Crippen molar-refractivity contribution in [2.75, 3.05) is 11.9 Å². The lowest BCUT2D eigenvalue weighted by Crippen LogP contribution is -2.12. The number of aromatic carboxylic acids is 1. The van der Waals surface area contributed by atoms with E-state index < -0.39 is 5.97 Å². The number of nitrogens with one attached hydrogen (secondary N) is 1. The fourth-order valence-electron chi connectivity index (χ4n) is 1.96. The van der Waals surface area contributed by atoms with Gasteiger partial charge in [0.05, 0.1) is 17.2 Å². The first-order valence-electron chi connectivity index (χ1n) is 7.44. The first-order valence-corrected chi connectivity index (χ1v) is 7.81. The Bertz CT molecular complexity index is 758. The summed E-state index contributed by atoms with van der Waals surface area (Å²) < 4.78 is 5.60. The van der Waals surface area contributed by atoms with Crippen molar-refractivity contribution in [1.29, 1.82) is 0 Å². The third-order valence-corrected chi connectivity index (χ3v) is 3.45. The number of carbonyl (C=O) groups is 2. The van der Waals surface area contributed by atoms with Crippen LogP contribution >= 0.6 is 11.6 Å². The Hall–Kier alpha value is -2.53. The van der Waals surface area contributed by atoms with E-state index in [0.717, 1.165) is 0 Å². The van der Waals surface area contributed by atoms with Gasteiger partial charge >= 0.3 is 5.97 Å². The van der Waals surface area contributed by atoms with Crippen LogP contribution in [0.3, 0.4) is 0 Å². The van der Waals surface area contributed by atoms with E-state index in [4.69, 9.17) is 21.4 Å². The standard InChI is InChI=1S/C18H18ClNO4/c1-11(2)10-24-14-5-3-4-12(8-14)17(21)20-13-6-7-15(18(22)23)16(19)9-13/h3-9,11H,10H2,1-2H3,(H,20,21)(H,22,23). The highest BCUT2D eigenvalue weighted by molar-refractivity contribution is 6.33. The normalized spacial score (nSPS) is 10.5. The molecule has 2 aromatic carbocycles. The molecule has 6 heteroatoms. The number of rotatable bonds is 6. The van der Waals surface area contributed by atoms with Crippen LogP contribution in [0, 0.1) is 5.92 Å². The molecule has 0 heterocycles. The predicted molar refractivity (Wildman–Crippen MR) is 93.1 cm³/mol. The summed E-state index contributed by atoms with van der Waals surface area (Å²) in [5, 5.41) is 11.7. The van der Waals surface area contributed by atoms with Crippen molar-refractivity contribution in [3.05, 3.63) is 58.6 Å². The molecule has 0 unspecified atom stereocenters. The highest BCUT2D eigenvalue weighted by atomic mass is 35.5. The molecule has 0 aliphatic heterocycles. The molecule has 24 heavy (non-hydrogen) atoms. The van der Waals surface area contributed by atoms with E-state index in [9.17, 15) is 9.59 Å². The van der Waals surface area contributed by atoms with Crippen molar-refractivity contribution in [3.63, 3.8) is 0 Å². The van der Waals surface area contributed by atoms with Crippen LogP contribution in [0.4, 0.5) is 5.69 Å². The van der Waals surface area contributed by atoms with Crippen LogP contribution in [0.5, 0.6) is 5.75 Å². The Morgan fingerprint density at radius 1 is 1.21 bits per heavy atom. The smallest absolute Gasteiger partial charge is 0.337 e. The fraction of sp³-hybridized carbons (Fsp3) is 0.222. The van der Waals surface area contributed by atoms with Crippen LogP contribution in [0.25, 0.3) is 0 Å². The summed E-state index contributed by atoms with van der Waals surface area (Å²) in [6.45, 7) is 4.65. The van der Waals surface area contributed by atoms with Crippen LogP contribution < -0.4 is 10.1 Å². The topological polar surface area (TPSA) is 75.6 Å². The number of amides is 1. The van der Waals surface area contributed by atoms with Gasteiger partial charge in [-0.05, 0) is 42.3 Å². The molecule has 1 amide bonds. The Morgan fingerprint density at radius 2 is 1.96 bits per heavy atom. The van der Waals surface area contributed by atoms with Crippen LogP contribution in [-0.2, 0) is 0 Å². The third-order valence-electron chi connectivity index (χ3n) is 3.14. The van der Waals surface area contributed by atoms with E-state index in [1.54, 1.807) is 24.3 Å². The maximum absolute atomic E-state index is 12.3. The Morgan fingerprint density at radius 3 is 2.58 bits per heavy atom. The van der Waals surface area contributed by atoms with Gasteiger partial charge in [-0.2, -0.15) is 0 Å². The molecular formula is C18H18ClNO4. The molecule has 2 aromatic rings. The van der Waals surface area contributed by atoms with Crippen molar-refractivity contribution in [1.82, 2.24) is 0 Å². The number of ether oxygens (including phenoxy) is 1. The molecule has 2 N–H and O–H groups in total. The van der Waals surface area contributed by atoms with Crippen molar-refractivity contribution >= 4 is 29.2 Å². The largest absolute Gasteiger partial charge is 0.493 e. The number of halogens is 1. The monoisotopic (exact) mass is 347 g/mol. The SMILES string of the molecule is CC(C)COc1cccc(C(=O)Nc2ccc(C(=O)O)c(Cl)c2)c1. The maximum atomic E-state index is 12.3. The molecule has 0 atom stereocenters. The molecule has 126 valence electrons. The molecular weight excluding hydrogens is 330 g/mol. The molecule has 0 bridgehead atoms. The lowest BCUT2D eigenvalue weighted by molar-refractivity contribution is 0.0697. The van der Waals surface area contributed by atoms with E-state index in [1.807, 2.05) is 13.8 Å². The van der Waals surface area contributed by atoms with Gasteiger partial charge < -0.3 is 15.2 Å². The fourth-order valence-corrected chi connectivity index (χ4v) is 2.22. The van der Waals surface area contributed by atoms with E-state index in [0.29, 0.717) is 29.5 Å². The van der Waals surface area contributed by atoms with E-state index in [1.165, 1.54) is 18.2 Å². The Labute approximate surface area is 145 Å². The van der Waals surface area contributed by atoms with Gasteiger partial charge in [0.2, 0.25) is 0 Å². The van der Waals surface area contributed by atoms with Gasteiger partial charge in [-0.3, -0.25) is 4.79 Å². The zero-order valence-corrected chi connectivity index (χ0v) is 14.1. The molecule has 0 fully saturated rings. The minimum absolute atomic E-state index is 0.0150. The van der Waals surface area contributed by atoms with Crippen molar-refractivity contribution in [2.45, 2.75) is 13.8 Å². The maximum Gasteiger partial charge on any atom is 0.337 e. The first-order chi connectivity index (χ1) is 11.4. The van der Waals surface area contributed by atoms with Gasteiger partial charge in [-0.15, -0.1) is 0 Å². The van der Waals surface area contributed by atoms with Gasteiger partial charge in [-0.1, -0.05) is 31.5 Å². The minimum Gasteiger partial charge on any atom is -0.493 e. The summed E-state index contributed by atoms with van der Waals surface area (Å²) in [6, 6.07) is 11.1. The van der Waals surface area contributed by atoms with E-state index >= 15 is 0 Å². The zero-order valence-electron chi connectivity index (χ0n) is 13.4. The van der Waals surface area contributed by atoms with Crippen molar-refractivity contribution < 1.29 is 19.4 Å². The molecule has 0 spiro atoms. The molecule has 0 saturated heterocycles. The van der Waals surface area contributed by atoms with Crippen molar-refractivity contribution in [2.24, 2.45) is 5.92 Å². The number of carbonyl (C=O) groups excluding carboxylic acids is 1. The van der Waals surface area contributed by atoms with Gasteiger partial charge in [-0.25, -0.2) is 4.79 Å². The molecule has 2 rings (SSSR count). The number of hydrogen-bond donors (Lipinski definition) is 2. The second-order valence-electron chi connectivity index (χ2n) is 5.69. The van der Waals surface area contributed by atoms with Gasteiger partial charge in [0.15, 0.2) is 0 Å². The highest BCUT2D eigenvalue weighted by Crippen LogP contribution is 2.22. The lowest BCUT2D eigenvalue weighted by atomic mass is 10.1. The summed E-state index contributed by atoms with van der Waals surface area (Å²) >= 11 is 5.90. The number of carboxylic acids is 1. The molecule has 0 radical (unpaired) electrons. The average molecular weight is 348 g/mol. The zero-order chi connectivity index (χ0) is 17.7. The van der Waals surface area contributed by atoms with Gasteiger partial charge in [0.1, 0.15) is 5.75 Å². The minimum atomic E-state index is -1.12. The summed E-state index contributed by atoms with van der Waals surface area (Å²) in [6.07, 6.45) is 0. The Kier molecular flexibility index (Phi) is 5.82.